The van der Waals surface area contributed by atoms with Crippen LogP contribution in [0.3, 0.4) is 0 Å². The molecule has 7 nitrogen and oxygen atoms in total. The summed E-state index contributed by atoms with van der Waals surface area (Å²) in [7, 11) is 0. The molecular formula is C20H23N3O4S. The van der Waals surface area contributed by atoms with Crippen LogP contribution in [-0.2, 0) is 16.0 Å². The molecule has 2 aromatic rings. The van der Waals surface area contributed by atoms with Gasteiger partial charge in [0.25, 0.3) is 5.91 Å². The van der Waals surface area contributed by atoms with Crippen molar-refractivity contribution >= 4 is 34.9 Å². The lowest BCUT2D eigenvalue weighted by Gasteiger charge is -2.34. The maximum atomic E-state index is 13.0. The number of para-hydroxylation sites is 1. The van der Waals surface area contributed by atoms with Gasteiger partial charge in [-0.2, -0.15) is 0 Å². The molecule has 0 atom stereocenters. The summed E-state index contributed by atoms with van der Waals surface area (Å²) in [6.45, 7) is 3.80. The molecule has 0 aliphatic carbocycles. The van der Waals surface area contributed by atoms with E-state index in [-0.39, 0.29) is 24.3 Å². The fraction of sp³-hybridized carbons (Fsp3) is 0.350. The largest absolute Gasteiger partial charge is 0.450 e. The monoisotopic (exact) mass is 401 g/mol. The van der Waals surface area contributed by atoms with Crippen molar-refractivity contribution in [2.45, 2.75) is 13.3 Å². The zero-order valence-corrected chi connectivity index (χ0v) is 16.5. The highest BCUT2D eigenvalue weighted by atomic mass is 32.1. The Labute approximate surface area is 167 Å². The first-order valence-electron chi connectivity index (χ1n) is 9.20. The van der Waals surface area contributed by atoms with E-state index in [1.807, 2.05) is 17.5 Å². The molecule has 1 aliphatic heterocycles. The number of nitrogens with one attached hydrogen (secondary N) is 1. The first kappa shape index (κ1) is 19.9. The van der Waals surface area contributed by atoms with Crippen molar-refractivity contribution in [1.82, 2.24) is 9.80 Å². The molecule has 0 saturated carbocycles. The van der Waals surface area contributed by atoms with Gasteiger partial charge in [-0.25, -0.2) is 4.79 Å². The fourth-order valence-corrected chi connectivity index (χ4v) is 3.73. The van der Waals surface area contributed by atoms with Crippen LogP contribution in [0.2, 0.25) is 0 Å². The van der Waals surface area contributed by atoms with Crippen LogP contribution in [0, 0.1) is 0 Å². The maximum Gasteiger partial charge on any atom is 0.409 e. The van der Waals surface area contributed by atoms with Gasteiger partial charge in [0.2, 0.25) is 5.91 Å². The summed E-state index contributed by atoms with van der Waals surface area (Å²) in [5.41, 5.74) is 0.952. The van der Waals surface area contributed by atoms with E-state index in [0.29, 0.717) is 44.0 Å². The molecule has 0 unspecified atom stereocenters. The van der Waals surface area contributed by atoms with Gasteiger partial charge in [-0.15, -0.1) is 11.3 Å². The summed E-state index contributed by atoms with van der Waals surface area (Å²) in [4.78, 5) is 41.4. The molecular weight excluding hydrogens is 378 g/mol. The molecule has 1 saturated heterocycles. The Balaban J connectivity index is 1.63. The Morgan fingerprint density at radius 2 is 1.75 bits per heavy atom. The molecule has 28 heavy (non-hydrogen) atoms. The quantitative estimate of drug-likeness (QED) is 0.836. The molecule has 1 N–H and O–H groups in total. The Morgan fingerprint density at radius 1 is 1.04 bits per heavy atom. The normalized spacial score (nSPS) is 13.9. The average molecular weight is 401 g/mol. The van der Waals surface area contributed by atoms with E-state index in [4.69, 9.17) is 4.74 Å². The number of anilines is 1. The highest BCUT2D eigenvalue weighted by Crippen LogP contribution is 2.19. The summed E-state index contributed by atoms with van der Waals surface area (Å²) in [5.74, 6) is -0.314. The minimum atomic E-state index is -0.351. The maximum absolute atomic E-state index is 13.0. The van der Waals surface area contributed by atoms with Crippen LogP contribution in [0.25, 0.3) is 0 Å². The zero-order chi connectivity index (χ0) is 19.9. The van der Waals surface area contributed by atoms with Gasteiger partial charge in [0.15, 0.2) is 0 Å². The Bertz CT molecular complexity index is 830. The van der Waals surface area contributed by atoms with Crippen LogP contribution in [0.5, 0.6) is 0 Å². The molecule has 3 rings (SSSR count). The Kier molecular flexibility index (Phi) is 6.65. The van der Waals surface area contributed by atoms with Crippen LogP contribution in [0.15, 0.2) is 41.8 Å². The first-order valence-corrected chi connectivity index (χ1v) is 10.1. The van der Waals surface area contributed by atoms with Crippen LogP contribution >= 0.6 is 11.3 Å². The van der Waals surface area contributed by atoms with E-state index in [9.17, 15) is 14.4 Å². The van der Waals surface area contributed by atoms with E-state index < -0.39 is 0 Å². The fourth-order valence-electron chi connectivity index (χ4n) is 3.02. The number of carbonyl (C=O) groups is 3. The summed E-state index contributed by atoms with van der Waals surface area (Å²) >= 11 is 1.52. The standard InChI is InChI=1S/C20H23N3O4S/c1-2-27-20(26)23-11-9-22(10-12-23)19(25)16-7-3-4-8-17(16)21-18(24)14-15-6-5-13-28-15/h3-8,13H,2,9-12,14H2,1H3,(H,21,24). The minimum Gasteiger partial charge on any atom is -0.450 e. The molecule has 1 fully saturated rings. The van der Waals surface area contributed by atoms with Crippen LogP contribution in [0.1, 0.15) is 22.2 Å². The number of hydrogen-bond acceptors (Lipinski definition) is 5. The third-order valence-corrected chi connectivity index (χ3v) is 5.32. The van der Waals surface area contributed by atoms with Crippen molar-refractivity contribution < 1.29 is 19.1 Å². The van der Waals surface area contributed by atoms with Gasteiger partial charge in [-0.05, 0) is 30.5 Å². The molecule has 3 amide bonds. The lowest BCUT2D eigenvalue weighted by atomic mass is 10.1. The molecule has 0 bridgehead atoms. The smallest absolute Gasteiger partial charge is 0.409 e. The number of amides is 3. The lowest BCUT2D eigenvalue weighted by Crippen LogP contribution is -2.50. The number of carbonyl (C=O) groups excluding carboxylic acids is 3. The number of nitrogens with zero attached hydrogens (tertiary/aromatic N) is 2. The number of thiophene rings is 1. The molecule has 1 aliphatic rings. The number of ether oxygens (including phenoxy) is 1. The van der Waals surface area contributed by atoms with Crippen molar-refractivity contribution in [3.63, 3.8) is 0 Å². The van der Waals surface area contributed by atoms with Crippen molar-refractivity contribution in [2.24, 2.45) is 0 Å². The predicted molar refractivity (Wildman–Crippen MR) is 108 cm³/mol. The van der Waals surface area contributed by atoms with E-state index in [0.717, 1.165) is 4.88 Å². The average Bonchev–Trinajstić information content (AvgIpc) is 3.21. The van der Waals surface area contributed by atoms with Gasteiger partial charge in [0.1, 0.15) is 0 Å². The Hall–Kier alpha value is -2.87. The summed E-state index contributed by atoms with van der Waals surface area (Å²) in [6.07, 6.45) is -0.0749. The SMILES string of the molecule is CCOC(=O)N1CCN(C(=O)c2ccccc2NC(=O)Cc2cccs2)CC1. The predicted octanol–water partition coefficient (Wildman–Crippen LogP) is 2.84. The molecule has 2 heterocycles. The summed E-state index contributed by atoms with van der Waals surface area (Å²) in [5, 5.41) is 4.77. The number of piperazine rings is 1. The second-order valence-corrected chi connectivity index (χ2v) is 7.36. The first-order chi connectivity index (χ1) is 13.6. The van der Waals surface area contributed by atoms with Gasteiger partial charge in [-0.1, -0.05) is 18.2 Å². The molecule has 1 aromatic heterocycles. The van der Waals surface area contributed by atoms with Gasteiger partial charge >= 0.3 is 6.09 Å². The molecule has 1 aromatic carbocycles. The molecule has 8 heteroatoms. The minimum absolute atomic E-state index is 0.157. The molecule has 0 spiro atoms. The van der Waals surface area contributed by atoms with Crippen molar-refractivity contribution in [3.05, 3.63) is 52.2 Å². The van der Waals surface area contributed by atoms with Crippen LogP contribution in [0.4, 0.5) is 10.5 Å². The summed E-state index contributed by atoms with van der Waals surface area (Å²) in [6, 6.07) is 10.8. The van der Waals surface area contributed by atoms with Crippen LogP contribution in [-0.4, -0.2) is 60.5 Å². The van der Waals surface area contributed by atoms with Gasteiger partial charge < -0.3 is 19.9 Å². The topological polar surface area (TPSA) is 79.0 Å². The second kappa shape index (κ2) is 9.36. The highest BCUT2D eigenvalue weighted by Gasteiger charge is 2.26. The van der Waals surface area contributed by atoms with Gasteiger partial charge in [0, 0.05) is 31.1 Å². The van der Waals surface area contributed by atoms with E-state index >= 15 is 0 Å². The number of hydrogen-bond donors (Lipinski definition) is 1. The lowest BCUT2D eigenvalue weighted by molar-refractivity contribution is -0.115. The highest BCUT2D eigenvalue weighted by molar-refractivity contribution is 7.10. The third-order valence-electron chi connectivity index (χ3n) is 4.44. The molecule has 148 valence electrons. The van der Waals surface area contributed by atoms with Gasteiger partial charge in [0.05, 0.1) is 24.3 Å². The number of rotatable bonds is 5. The van der Waals surface area contributed by atoms with Crippen LogP contribution < -0.4 is 5.32 Å². The van der Waals surface area contributed by atoms with Gasteiger partial charge in [-0.3, -0.25) is 9.59 Å². The van der Waals surface area contributed by atoms with Crippen molar-refractivity contribution in [1.29, 1.82) is 0 Å². The number of benzene rings is 1. The second-order valence-electron chi connectivity index (χ2n) is 6.33. The van der Waals surface area contributed by atoms with E-state index in [1.165, 1.54) is 11.3 Å². The van der Waals surface area contributed by atoms with E-state index in [1.54, 1.807) is 41.0 Å². The van der Waals surface area contributed by atoms with Crippen molar-refractivity contribution in [2.75, 3.05) is 38.1 Å². The molecule has 0 radical (unpaired) electrons. The third kappa shape index (κ3) is 4.89. The Morgan fingerprint density at radius 3 is 2.43 bits per heavy atom. The van der Waals surface area contributed by atoms with E-state index in [2.05, 4.69) is 5.32 Å². The van der Waals surface area contributed by atoms with Crippen molar-refractivity contribution in [3.8, 4) is 0 Å². The zero-order valence-electron chi connectivity index (χ0n) is 15.7. The summed E-state index contributed by atoms with van der Waals surface area (Å²) < 4.78 is 5.00.